The van der Waals surface area contributed by atoms with Crippen molar-refractivity contribution in [2.45, 2.75) is 31.7 Å². The minimum atomic E-state index is -3.60. The smallest absolute Gasteiger partial charge is 0.237 e. The van der Waals surface area contributed by atoms with Crippen LogP contribution in [0.5, 0.6) is 0 Å². The van der Waals surface area contributed by atoms with Gasteiger partial charge in [0, 0.05) is 19.1 Å². The van der Waals surface area contributed by atoms with E-state index < -0.39 is 15.8 Å². The molecule has 0 saturated carbocycles. The van der Waals surface area contributed by atoms with Crippen molar-refractivity contribution >= 4 is 21.8 Å². The van der Waals surface area contributed by atoms with Gasteiger partial charge in [-0.3, -0.25) is 0 Å². The first-order valence-corrected chi connectivity index (χ1v) is 11.2. The van der Waals surface area contributed by atoms with E-state index in [0.29, 0.717) is 42.9 Å². The van der Waals surface area contributed by atoms with E-state index in [1.165, 1.54) is 6.07 Å². The van der Waals surface area contributed by atoms with Crippen molar-refractivity contribution in [1.29, 1.82) is 5.26 Å². The van der Waals surface area contributed by atoms with Gasteiger partial charge in [0.05, 0.1) is 22.2 Å². The van der Waals surface area contributed by atoms with Crippen LogP contribution < -0.4 is 9.62 Å². The summed E-state index contributed by atoms with van der Waals surface area (Å²) < 4.78 is 43.1. The summed E-state index contributed by atoms with van der Waals surface area (Å²) in [4.78, 5) is 2.25. The Bertz CT molecular complexity index is 1110. The van der Waals surface area contributed by atoms with Crippen molar-refractivity contribution < 1.29 is 12.8 Å². The van der Waals surface area contributed by atoms with E-state index in [0.717, 1.165) is 17.5 Å². The van der Waals surface area contributed by atoms with Gasteiger partial charge in [0.2, 0.25) is 10.0 Å². The summed E-state index contributed by atoms with van der Waals surface area (Å²) in [5, 5.41) is 8.91. The standard InChI is InChI=1S/C22H22FN3O2S/c23-21-12-16(14-24)7-10-22(21)26-11-3-6-19(15-26)25-29(27,28)20-9-8-17-4-1-2-5-18(17)13-20/h1-2,4-5,7,10,12-13,19,25H,3,6,8-9,11,15H2. The molecule has 0 radical (unpaired) electrons. The highest BCUT2D eigenvalue weighted by Crippen LogP contribution is 2.28. The molecule has 1 aliphatic heterocycles. The zero-order valence-corrected chi connectivity index (χ0v) is 16.8. The van der Waals surface area contributed by atoms with Crippen molar-refractivity contribution in [3.8, 4) is 6.07 Å². The fourth-order valence-electron chi connectivity index (χ4n) is 4.04. The Morgan fingerprint density at radius 1 is 1.17 bits per heavy atom. The van der Waals surface area contributed by atoms with Crippen molar-refractivity contribution in [2.24, 2.45) is 0 Å². The maximum absolute atomic E-state index is 14.4. The highest BCUT2D eigenvalue weighted by molar-refractivity contribution is 7.93. The average Bonchev–Trinajstić information content (AvgIpc) is 2.73. The normalized spacial score (nSPS) is 19.2. The van der Waals surface area contributed by atoms with E-state index in [2.05, 4.69) is 4.72 Å². The summed E-state index contributed by atoms with van der Waals surface area (Å²) in [5.41, 5.74) is 2.78. The number of nitrogens with zero attached hydrogens (tertiary/aromatic N) is 2. The highest BCUT2D eigenvalue weighted by Gasteiger charge is 2.28. The van der Waals surface area contributed by atoms with Crippen LogP contribution in [-0.4, -0.2) is 27.5 Å². The van der Waals surface area contributed by atoms with Gasteiger partial charge in [-0.15, -0.1) is 0 Å². The van der Waals surface area contributed by atoms with Gasteiger partial charge in [-0.2, -0.15) is 5.26 Å². The molecule has 4 rings (SSSR count). The first-order chi connectivity index (χ1) is 14.0. The van der Waals surface area contributed by atoms with Crippen LogP contribution in [0.3, 0.4) is 0 Å². The quantitative estimate of drug-likeness (QED) is 0.835. The number of hydrogen-bond donors (Lipinski definition) is 1. The Kier molecular flexibility index (Phi) is 5.39. The van der Waals surface area contributed by atoms with E-state index in [9.17, 15) is 12.8 Å². The average molecular weight is 412 g/mol. The molecule has 0 aromatic heterocycles. The van der Waals surface area contributed by atoms with Crippen LogP contribution in [0.1, 0.15) is 36.0 Å². The van der Waals surface area contributed by atoms with Gasteiger partial charge < -0.3 is 4.90 Å². The van der Waals surface area contributed by atoms with Crippen LogP contribution in [0, 0.1) is 17.1 Å². The molecule has 29 heavy (non-hydrogen) atoms. The maximum atomic E-state index is 14.4. The predicted octanol–water partition coefficient (Wildman–Crippen LogP) is 3.57. The molecule has 1 heterocycles. The van der Waals surface area contributed by atoms with E-state index in [1.54, 1.807) is 18.2 Å². The second-order valence-corrected chi connectivity index (χ2v) is 9.26. The number of benzene rings is 2. The van der Waals surface area contributed by atoms with Crippen LogP contribution in [0.4, 0.5) is 10.1 Å². The fourth-order valence-corrected chi connectivity index (χ4v) is 5.47. The van der Waals surface area contributed by atoms with Crippen LogP contribution in [0.15, 0.2) is 47.4 Å². The number of sulfonamides is 1. The lowest BCUT2D eigenvalue weighted by molar-refractivity contribution is 0.463. The number of aryl methyl sites for hydroxylation is 1. The predicted molar refractivity (Wildman–Crippen MR) is 111 cm³/mol. The molecular weight excluding hydrogens is 389 g/mol. The molecular formula is C22H22FN3O2S. The number of hydrogen-bond acceptors (Lipinski definition) is 4. The van der Waals surface area contributed by atoms with Crippen molar-refractivity contribution in [3.05, 3.63) is 69.9 Å². The summed E-state index contributed by atoms with van der Waals surface area (Å²) in [6.45, 7) is 1.04. The molecule has 1 N–H and O–H groups in total. The molecule has 7 heteroatoms. The Morgan fingerprint density at radius 2 is 2.00 bits per heavy atom. The molecule has 1 fully saturated rings. The van der Waals surface area contributed by atoms with Crippen LogP contribution in [0.2, 0.25) is 0 Å². The lowest BCUT2D eigenvalue weighted by atomic mass is 9.98. The lowest BCUT2D eigenvalue weighted by Crippen LogP contribution is -2.48. The molecule has 150 valence electrons. The van der Waals surface area contributed by atoms with Gasteiger partial charge in [-0.25, -0.2) is 17.5 Å². The number of allylic oxidation sites excluding steroid dienone is 1. The minimum Gasteiger partial charge on any atom is -0.368 e. The molecule has 0 amide bonds. The SMILES string of the molecule is N#Cc1ccc(N2CCCC(NS(=O)(=O)C3=Cc4ccccc4CC3)C2)c(F)c1. The molecule has 1 atom stereocenters. The van der Waals surface area contributed by atoms with Crippen LogP contribution >= 0.6 is 0 Å². The van der Waals surface area contributed by atoms with Crippen molar-refractivity contribution in [3.63, 3.8) is 0 Å². The molecule has 1 saturated heterocycles. The fraction of sp³-hybridized carbons (Fsp3) is 0.318. The van der Waals surface area contributed by atoms with Gasteiger partial charge in [-0.1, -0.05) is 24.3 Å². The Labute approximate surface area is 170 Å². The van der Waals surface area contributed by atoms with Crippen molar-refractivity contribution in [1.82, 2.24) is 4.72 Å². The van der Waals surface area contributed by atoms with Gasteiger partial charge in [0.25, 0.3) is 0 Å². The second-order valence-electron chi connectivity index (χ2n) is 7.49. The van der Waals surface area contributed by atoms with Crippen LogP contribution in [0.25, 0.3) is 6.08 Å². The first kappa shape index (κ1) is 19.6. The highest BCUT2D eigenvalue weighted by atomic mass is 32.2. The molecule has 1 aliphatic carbocycles. The summed E-state index contributed by atoms with van der Waals surface area (Å²) in [6.07, 6.45) is 4.40. The monoisotopic (exact) mass is 411 g/mol. The molecule has 0 spiro atoms. The van der Waals surface area contributed by atoms with E-state index >= 15 is 0 Å². The van der Waals surface area contributed by atoms with Gasteiger partial charge in [0.15, 0.2) is 0 Å². The third-order valence-electron chi connectivity index (χ3n) is 5.52. The number of nitriles is 1. The molecule has 5 nitrogen and oxygen atoms in total. The topological polar surface area (TPSA) is 73.2 Å². The van der Waals surface area contributed by atoms with E-state index in [1.807, 2.05) is 35.2 Å². The Balaban J connectivity index is 1.50. The summed E-state index contributed by atoms with van der Waals surface area (Å²) in [5.74, 6) is -0.459. The summed E-state index contributed by atoms with van der Waals surface area (Å²) >= 11 is 0. The van der Waals surface area contributed by atoms with E-state index in [4.69, 9.17) is 5.26 Å². The zero-order valence-electron chi connectivity index (χ0n) is 15.9. The summed E-state index contributed by atoms with van der Waals surface area (Å²) in [6, 6.07) is 13.8. The Hall–Kier alpha value is -2.69. The van der Waals surface area contributed by atoms with Gasteiger partial charge in [-0.05, 0) is 61.1 Å². The van der Waals surface area contributed by atoms with Gasteiger partial charge in [0.1, 0.15) is 5.82 Å². The maximum Gasteiger partial charge on any atom is 0.237 e. The summed E-state index contributed by atoms with van der Waals surface area (Å²) in [7, 11) is -3.60. The number of halogens is 1. The molecule has 0 bridgehead atoms. The molecule has 1 unspecified atom stereocenters. The number of anilines is 1. The molecule has 2 aromatic carbocycles. The number of fused-ring (bicyclic) bond motifs is 1. The molecule has 2 aliphatic rings. The van der Waals surface area contributed by atoms with Crippen LogP contribution in [-0.2, 0) is 16.4 Å². The zero-order chi connectivity index (χ0) is 20.4. The van der Waals surface area contributed by atoms with Gasteiger partial charge >= 0.3 is 0 Å². The number of nitrogens with one attached hydrogen (secondary N) is 1. The second kappa shape index (κ2) is 7.97. The number of rotatable bonds is 4. The number of piperidine rings is 1. The Morgan fingerprint density at radius 3 is 2.79 bits per heavy atom. The molecule has 2 aromatic rings. The first-order valence-electron chi connectivity index (χ1n) is 9.72. The third kappa shape index (κ3) is 4.19. The minimum absolute atomic E-state index is 0.269. The van der Waals surface area contributed by atoms with E-state index in [-0.39, 0.29) is 11.6 Å². The third-order valence-corrected chi connectivity index (χ3v) is 7.17. The van der Waals surface area contributed by atoms with Crippen molar-refractivity contribution in [2.75, 3.05) is 18.0 Å². The largest absolute Gasteiger partial charge is 0.368 e. The lowest BCUT2D eigenvalue weighted by Gasteiger charge is -2.35.